The summed E-state index contributed by atoms with van der Waals surface area (Å²) in [6.07, 6.45) is 6.87. The van der Waals surface area contributed by atoms with Crippen molar-refractivity contribution in [2.45, 2.75) is 31.7 Å². The molecule has 2 aliphatic rings. The molecular formula is C14H21N3O2S. The number of thiazole rings is 1. The Balaban J connectivity index is 1.61. The molecule has 1 atom stereocenters. The van der Waals surface area contributed by atoms with Crippen LogP contribution >= 0.6 is 11.3 Å². The van der Waals surface area contributed by atoms with Crippen LogP contribution in [0.15, 0.2) is 6.20 Å². The summed E-state index contributed by atoms with van der Waals surface area (Å²) in [5, 5.41) is 0.949. The molecule has 0 aromatic carbocycles. The van der Waals surface area contributed by atoms with Gasteiger partial charge in [-0.25, -0.2) is 9.78 Å². The maximum Gasteiger partial charge on any atom is 0.349 e. The minimum atomic E-state index is -0.291. The first-order chi connectivity index (χ1) is 9.78. The third kappa shape index (κ3) is 2.81. The molecule has 0 N–H and O–H groups in total. The summed E-state index contributed by atoms with van der Waals surface area (Å²) < 4.78 is 4.73. The molecule has 3 heterocycles. The number of likely N-dealkylation sites (tertiary alicyclic amines) is 1. The maximum atomic E-state index is 11.5. The molecular weight excluding hydrogens is 274 g/mol. The van der Waals surface area contributed by atoms with Gasteiger partial charge in [-0.05, 0) is 32.4 Å². The number of nitrogens with zero attached hydrogens (tertiary/aromatic N) is 3. The molecule has 20 heavy (non-hydrogen) atoms. The number of anilines is 1. The normalized spacial score (nSPS) is 24.1. The molecule has 110 valence electrons. The molecule has 6 heteroatoms. The molecule has 2 saturated heterocycles. The van der Waals surface area contributed by atoms with E-state index in [-0.39, 0.29) is 5.97 Å². The SMILES string of the molecule is COC(=O)c1cnc(N2CCC(N3CCCCC3)C2)s1. The summed E-state index contributed by atoms with van der Waals surface area (Å²) in [4.78, 5) is 21.4. The molecule has 0 amide bonds. The highest BCUT2D eigenvalue weighted by Crippen LogP contribution is 2.28. The highest BCUT2D eigenvalue weighted by Gasteiger charge is 2.30. The van der Waals surface area contributed by atoms with E-state index in [0.29, 0.717) is 10.9 Å². The Morgan fingerprint density at radius 2 is 2.15 bits per heavy atom. The van der Waals surface area contributed by atoms with Crippen LogP contribution in [-0.4, -0.2) is 55.2 Å². The number of rotatable bonds is 3. The van der Waals surface area contributed by atoms with Crippen LogP contribution in [0.25, 0.3) is 0 Å². The molecule has 3 rings (SSSR count). The van der Waals surface area contributed by atoms with E-state index in [4.69, 9.17) is 4.74 Å². The lowest BCUT2D eigenvalue weighted by molar-refractivity contribution is 0.0606. The van der Waals surface area contributed by atoms with Crippen LogP contribution in [0.1, 0.15) is 35.4 Å². The van der Waals surface area contributed by atoms with Gasteiger partial charge in [-0.2, -0.15) is 0 Å². The minimum absolute atomic E-state index is 0.291. The van der Waals surface area contributed by atoms with E-state index in [2.05, 4.69) is 14.8 Å². The average molecular weight is 295 g/mol. The van der Waals surface area contributed by atoms with Gasteiger partial charge >= 0.3 is 5.97 Å². The van der Waals surface area contributed by atoms with Gasteiger partial charge in [0.15, 0.2) is 5.13 Å². The first kappa shape index (κ1) is 13.8. The molecule has 1 aromatic rings. The first-order valence-electron chi connectivity index (χ1n) is 7.31. The third-order valence-corrected chi connectivity index (χ3v) is 5.26. The highest BCUT2D eigenvalue weighted by molar-refractivity contribution is 7.17. The van der Waals surface area contributed by atoms with Crippen LogP contribution in [0, 0.1) is 0 Å². The topological polar surface area (TPSA) is 45.7 Å². The monoisotopic (exact) mass is 295 g/mol. The molecule has 1 unspecified atom stereocenters. The fraction of sp³-hybridized carbons (Fsp3) is 0.714. The Morgan fingerprint density at radius 1 is 1.35 bits per heavy atom. The van der Waals surface area contributed by atoms with Gasteiger partial charge in [0.05, 0.1) is 13.3 Å². The van der Waals surface area contributed by atoms with Gasteiger partial charge in [-0.3, -0.25) is 4.90 Å². The summed E-state index contributed by atoms with van der Waals surface area (Å²) >= 11 is 1.43. The second kappa shape index (κ2) is 6.10. The van der Waals surface area contributed by atoms with Crippen molar-refractivity contribution < 1.29 is 9.53 Å². The number of aromatic nitrogens is 1. The highest BCUT2D eigenvalue weighted by atomic mass is 32.1. The number of carbonyl (C=O) groups is 1. The van der Waals surface area contributed by atoms with Crippen LogP contribution in [0.4, 0.5) is 5.13 Å². The summed E-state index contributed by atoms with van der Waals surface area (Å²) in [6.45, 7) is 4.55. The zero-order valence-corrected chi connectivity index (χ0v) is 12.7. The molecule has 2 fully saturated rings. The fourth-order valence-electron chi connectivity index (χ4n) is 3.10. The van der Waals surface area contributed by atoms with Crippen LogP contribution in [-0.2, 0) is 4.74 Å². The number of ether oxygens (including phenoxy) is 1. The number of hydrogen-bond acceptors (Lipinski definition) is 6. The molecule has 0 bridgehead atoms. The van der Waals surface area contributed by atoms with E-state index in [1.54, 1.807) is 6.20 Å². The molecule has 0 aliphatic carbocycles. The summed E-state index contributed by atoms with van der Waals surface area (Å²) in [7, 11) is 1.41. The second-order valence-corrected chi connectivity index (χ2v) is 6.49. The molecule has 0 radical (unpaired) electrons. The Bertz CT molecular complexity index is 471. The standard InChI is InChI=1S/C14H21N3O2S/c1-19-13(18)12-9-15-14(20-12)17-8-5-11(10-17)16-6-3-2-4-7-16/h9,11H,2-8,10H2,1H3. The third-order valence-electron chi connectivity index (χ3n) is 4.22. The number of methoxy groups -OCH3 is 1. The maximum absolute atomic E-state index is 11.5. The van der Waals surface area contributed by atoms with Crippen molar-refractivity contribution in [3.63, 3.8) is 0 Å². The smallest absolute Gasteiger partial charge is 0.349 e. The van der Waals surface area contributed by atoms with Crippen molar-refractivity contribution in [1.82, 2.24) is 9.88 Å². The van der Waals surface area contributed by atoms with Gasteiger partial charge in [0, 0.05) is 19.1 Å². The lowest BCUT2D eigenvalue weighted by Gasteiger charge is -2.32. The predicted molar refractivity (Wildman–Crippen MR) is 79.5 cm³/mol. The first-order valence-corrected chi connectivity index (χ1v) is 8.12. The molecule has 1 aromatic heterocycles. The van der Waals surface area contributed by atoms with E-state index in [9.17, 15) is 4.79 Å². The lowest BCUT2D eigenvalue weighted by Crippen LogP contribution is -2.40. The molecule has 5 nitrogen and oxygen atoms in total. The Labute approximate surface area is 123 Å². The van der Waals surface area contributed by atoms with E-state index >= 15 is 0 Å². The Morgan fingerprint density at radius 3 is 2.90 bits per heavy atom. The summed E-state index contributed by atoms with van der Waals surface area (Å²) in [5.74, 6) is -0.291. The number of carbonyl (C=O) groups excluding carboxylic acids is 1. The molecule has 2 aliphatic heterocycles. The van der Waals surface area contributed by atoms with Gasteiger partial charge in [0.25, 0.3) is 0 Å². The van der Waals surface area contributed by atoms with Crippen molar-refractivity contribution in [2.24, 2.45) is 0 Å². The molecule has 0 saturated carbocycles. The van der Waals surface area contributed by atoms with Gasteiger partial charge in [0.1, 0.15) is 4.88 Å². The largest absolute Gasteiger partial charge is 0.465 e. The van der Waals surface area contributed by atoms with Gasteiger partial charge < -0.3 is 9.64 Å². The van der Waals surface area contributed by atoms with E-state index in [1.807, 2.05) is 0 Å². The van der Waals surface area contributed by atoms with E-state index in [0.717, 1.165) is 18.2 Å². The van der Waals surface area contributed by atoms with Gasteiger partial charge in [-0.15, -0.1) is 0 Å². The average Bonchev–Trinajstić information content (AvgIpc) is 3.16. The summed E-state index contributed by atoms with van der Waals surface area (Å²) in [6, 6.07) is 0.653. The quantitative estimate of drug-likeness (QED) is 0.798. The van der Waals surface area contributed by atoms with Crippen molar-refractivity contribution in [3.05, 3.63) is 11.1 Å². The van der Waals surface area contributed by atoms with Crippen molar-refractivity contribution >= 4 is 22.4 Å². The molecule has 0 spiro atoms. The van der Waals surface area contributed by atoms with Crippen molar-refractivity contribution in [1.29, 1.82) is 0 Å². The van der Waals surface area contributed by atoms with Crippen molar-refractivity contribution in [2.75, 3.05) is 38.2 Å². The minimum Gasteiger partial charge on any atom is -0.465 e. The van der Waals surface area contributed by atoms with E-state index < -0.39 is 0 Å². The van der Waals surface area contributed by atoms with Crippen LogP contribution in [0.3, 0.4) is 0 Å². The van der Waals surface area contributed by atoms with Crippen LogP contribution in [0.2, 0.25) is 0 Å². The lowest BCUT2D eigenvalue weighted by atomic mass is 10.1. The van der Waals surface area contributed by atoms with E-state index in [1.165, 1.54) is 57.2 Å². The number of hydrogen-bond donors (Lipinski definition) is 0. The van der Waals surface area contributed by atoms with Crippen LogP contribution < -0.4 is 4.90 Å². The predicted octanol–water partition coefficient (Wildman–Crippen LogP) is 1.99. The Kier molecular flexibility index (Phi) is 4.21. The number of piperidine rings is 1. The van der Waals surface area contributed by atoms with Gasteiger partial charge in [0.2, 0.25) is 0 Å². The Hall–Kier alpha value is -1.14. The fourth-order valence-corrected chi connectivity index (χ4v) is 3.97. The van der Waals surface area contributed by atoms with Gasteiger partial charge in [-0.1, -0.05) is 17.8 Å². The number of esters is 1. The van der Waals surface area contributed by atoms with Crippen LogP contribution in [0.5, 0.6) is 0 Å². The zero-order valence-electron chi connectivity index (χ0n) is 11.9. The zero-order chi connectivity index (χ0) is 13.9. The summed E-state index contributed by atoms with van der Waals surface area (Å²) in [5.41, 5.74) is 0. The van der Waals surface area contributed by atoms with Crippen molar-refractivity contribution in [3.8, 4) is 0 Å². The second-order valence-electron chi connectivity index (χ2n) is 5.48.